The first-order chi connectivity index (χ1) is 14.9. The summed E-state index contributed by atoms with van der Waals surface area (Å²) in [6.07, 6.45) is 1.94. The lowest BCUT2D eigenvalue weighted by Crippen LogP contribution is -2.11. The van der Waals surface area contributed by atoms with E-state index in [1.165, 1.54) is 6.08 Å². The number of hydrogen-bond acceptors (Lipinski definition) is 5. The molecule has 0 N–H and O–H groups in total. The Morgan fingerprint density at radius 3 is 2.45 bits per heavy atom. The molecule has 162 valence electrons. The second kappa shape index (κ2) is 11.4. The van der Waals surface area contributed by atoms with Gasteiger partial charge in [0.1, 0.15) is 22.5 Å². The van der Waals surface area contributed by atoms with Gasteiger partial charge in [-0.25, -0.2) is 9.78 Å². The maximum absolute atomic E-state index is 12.2. The molecule has 1 aromatic heterocycles. The molecule has 0 fully saturated rings. The molecule has 0 atom stereocenters. The zero-order valence-electron chi connectivity index (χ0n) is 16.1. The summed E-state index contributed by atoms with van der Waals surface area (Å²) < 4.78 is 16.4. The maximum atomic E-state index is 12.2. The number of carbonyl (C=O) groups is 1. The Labute approximate surface area is 199 Å². The van der Waals surface area contributed by atoms with E-state index < -0.39 is 5.97 Å². The number of halogens is 4. The summed E-state index contributed by atoms with van der Waals surface area (Å²) in [6.45, 7) is 0.588. The highest BCUT2D eigenvalue weighted by molar-refractivity contribution is 6.55. The number of benzene rings is 2. The molecule has 3 aromatic rings. The third-order valence-corrected chi connectivity index (χ3v) is 4.91. The minimum absolute atomic E-state index is 0.106. The van der Waals surface area contributed by atoms with Gasteiger partial charge >= 0.3 is 5.97 Å². The zero-order valence-corrected chi connectivity index (χ0v) is 19.1. The van der Waals surface area contributed by atoms with E-state index >= 15 is 0 Å². The van der Waals surface area contributed by atoms with Crippen LogP contribution in [0.4, 0.5) is 0 Å². The van der Waals surface area contributed by atoms with Gasteiger partial charge in [-0.2, -0.15) is 0 Å². The highest BCUT2D eigenvalue weighted by Gasteiger charge is 2.12. The van der Waals surface area contributed by atoms with E-state index in [9.17, 15) is 4.79 Å². The fourth-order valence-corrected chi connectivity index (χ4v) is 3.31. The van der Waals surface area contributed by atoms with Crippen LogP contribution < -0.4 is 9.47 Å². The largest absolute Gasteiger partial charge is 0.490 e. The molecule has 0 spiro atoms. The van der Waals surface area contributed by atoms with Crippen LogP contribution in [0.3, 0.4) is 0 Å². The second-order valence-corrected chi connectivity index (χ2v) is 8.07. The second-order valence-electron chi connectivity index (χ2n) is 6.25. The van der Waals surface area contributed by atoms with Crippen LogP contribution in [0.2, 0.25) is 10.0 Å². The lowest BCUT2D eigenvalue weighted by atomic mass is 10.2. The predicted molar refractivity (Wildman–Crippen MR) is 124 cm³/mol. The minimum atomic E-state index is -0.491. The Kier molecular flexibility index (Phi) is 8.67. The van der Waals surface area contributed by atoms with Crippen molar-refractivity contribution < 1.29 is 19.0 Å². The van der Waals surface area contributed by atoms with Crippen LogP contribution in [-0.4, -0.2) is 30.8 Å². The smallest absolute Gasteiger partial charge is 0.356 e. The van der Waals surface area contributed by atoms with Gasteiger partial charge in [-0.05, 0) is 18.2 Å². The predicted octanol–water partition coefficient (Wildman–Crippen LogP) is 6.87. The molecule has 0 saturated heterocycles. The summed E-state index contributed by atoms with van der Waals surface area (Å²) in [5.41, 5.74) is 0.991. The summed E-state index contributed by atoms with van der Waals surface area (Å²) in [4.78, 5) is 16.5. The number of carbonyl (C=O) groups excluding carboxylic acids is 1. The van der Waals surface area contributed by atoms with Crippen molar-refractivity contribution in [3.05, 3.63) is 74.8 Å². The molecule has 2 aromatic carbocycles. The van der Waals surface area contributed by atoms with E-state index in [-0.39, 0.29) is 30.0 Å². The van der Waals surface area contributed by atoms with Gasteiger partial charge in [0.15, 0.2) is 5.75 Å². The van der Waals surface area contributed by atoms with E-state index in [1.54, 1.807) is 18.2 Å². The van der Waals surface area contributed by atoms with Gasteiger partial charge in [0, 0.05) is 23.9 Å². The number of fused-ring (bicyclic) bond motifs is 1. The summed E-state index contributed by atoms with van der Waals surface area (Å²) in [7, 11) is 0. The third-order valence-electron chi connectivity index (χ3n) is 4.04. The lowest BCUT2D eigenvalue weighted by Gasteiger charge is -2.12. The van der Waals surface area contributed by atoms with E-state index in [4.69, 9.17) is 60.6 Å². The molecule has 0 radical (unpaired) electrons. The van der Waals surface area contributed by atoms with Gasteiger partial charge in [-0.3, -0.25) is 0 Å². The van der Waals surface area contributed by atoms with Crippen LogP contribution in [0.25, 0.3) is 10.9 Å². The van der Waals surface area contributed by atoms with Crippen molar-refractivity contribution in [3.63, 3.8) is 0 Å². The van der Waals surface area contributed by atoms with Gasteiger partial charge in [0.2, 0.25) is 0 Å². The van der Waals surface area contributed by atoms with Crippen LogP contribution in [0, 0.1) is 0 Å². The Balaban J connectivity index is 1.46. The number of para-hydroxylation sites is 1. The Morgan fingerprint density at radius 2 is 1.71 bits per heavy atom. The van der Waals surface area contributed by atoms with Crippen molar-refractivity contribution in [2.75, 3.05) is 19.8 Å². The highest BCUT2D eigenvalue weighted by Crippen LogP contribution is 2.37. The molecule has 0 bridgehead atoms. The molecule has 9 heteroatoms. The summed E-state index contributed by atoms with van der Waals surface area (Å²) in [6, 6.07) is 14.2. The summed E-state index contributed by atoms with van der Waals surface area (Å²) >= 11 is 23.5. The van der Waals surface area contributed by atoms with Gasteiger partial charge < -0.3 is 14.2 Å². The summed E-state index contributed by atoms with van der Waals surface area (Å²) in [5.74, 6) is 0.281. The first kappa shape index (κ1) is 23.5. The van der Waals surface area contributed by atoms with Crippen molar-refractivity contribution in [2.24, 2.45) is 0 Å². The van der Waals surface area contributed by atoms with Crippen molar-refractivity contribution in [2.45, 2.75) is 6.42 Å². The number of pyridine rings is 1. The monoisotopic (exact) mass is 499 g/mol. The Bertz CT molecular complexity index is 1080. The van der Waals surface area contributed by atoms with E-state index in [0.717, 1.165) is 10.9 Å². The first-order valence-corrected chi connectivity index (χ1v) is 10.7. The molecule has 5 nitrogen and oxygen atoms in total. The first-order valence-electron chi connectivity index (χ1n) is 9.23. The molecule has 0 aliphatic rings. The molecule has 0 amide bonds. The van der Waals surface area contributed by atoms with Crippen molar-refractivity contribution in [1.29, 1.82) is 0 Å². The number of ether oxygens (including phenoxy) is 3. The molecule has 1 heterocycles. The van der Waals surface area contributed by atoms with Crippen LogP contribution in [0.15, 0.2) is 59.1 Å². The maximum Gasteiger partial charge on any atom is 0.356 e. The fraction of sp³-hybridized carbons (Fsp3) is 0.182. The number of rotatable bonds is 9. The third kappa shape index (κ3) is 6.91. The van der Waals surface area contributed by atoms with Crippen molar-refractivity contribution >= 4 is 63.3 Å². The molecule has 0 aliphatic carbocycles. The van der Waals surface area contributed by atoms with Crippen LogP contribution in [-0.2, 0) is 4.74 Å². The molecule has 0 unspecified atom stereocenters. The average Bonchev–Trinajstić information content (AvgIpc) is 2.74. The number of aromatic nitrogens is 1. The zero-order chi connectivity index (χ0) is 22.2. The Hall–Kier alpha value is -2.18. The molecular weight excluding hydrogens is 484 g/mol. The molecular formula is C22H17Cl4NO4. The minimum Gasteiger partial charge on any atom is -0.490 e. The quantitative estimate of drug-likeness (QED) is 0.237. The molecule has 31 heavy (non-hydrogen) atoms. The fourth-order valence-electron chi connectivity index (χ4n) is 2.61. The van der Waals surface area contributed by atoms with E-state index in [0.29, 0.717) is 28.0 Å². The average molecular weight is 501 g/mol. The van der Waals surface area contributed by atoms with Crippen LogP contribution in [0.1, 0.15) is 16.9 Å². The van der Waals surface area contributed by atoms with E-state index in [2.05, 4.69) is 4.98 Å². The van der Waals surface area contributed by atoms with Gasteiger partial charge in [-0.15, -0.1) is 0 Å². The standard InChI is InChI=1S/C22H17Cl4NO4/c23-16-12-15(29-11-8-20(25)26)13-17(24)21(16)30-9-3-10-31-22(28)19-7-6-14-4-1-2-5-18(14)27-19/h1-2,4-8,12-13H,3,9-11H2. The molecule has 3 rings (SSSR count). The highest BCUT2D eigenvalue weighted by atomic mass is 35.5. The Morgan fingerprint density at radius 1 is 0.968 bits per heavy atom. The van der Waals surface area contributed by atoms with Crippen LogP contribution >= 0.6 is 46.4 Å². The van der Waals surface area contributed by atoms with Gasteiger partial charge in [0.05, 0.1) is 28.8 Å². The molecule has 0 aliphatic heterocycles. The topological polar surface area (TPSA) is 57.7 Å². The number of hydrogen-bond donors (Lipinski definition) is 0. The van der Waals surface area contributed by atoms with Crippen molar-refractivity contribution in [3.8, 4) is 11.5 Å². The number of nitrogens with zero attached hydrogens (tertiary/aromatic N) is 1. The normalized spacial score (nSPS) is 10.6. The molecule has 0 saturated carbocycles. The van der Waals surface area contributed by atoms with Gasteiger partial charge in [-0.1, -0.05) is 70.7 Å². The number of esters is 1. The van der Waals surface area contributed by atoms with Crippen LogP contribution in [0.5, 0.6) is 11.5 Å². The SMILES string of the molecule is O=C(OCCCOc1c(Cl)cc(OCC=C(Cl)Cl)cc1Cl)c1ccc2ccccc2n1. The lowest BCUT2D eigenvalue weighted by molar-refractivity contribution is 0.0479. The van der Waals surface area contributed by atoms with Gasteiger partial charge in [0.25, 0.3) is 0 Å². The summed E-state index contributed by atoms with van der Waals surface area (Å²) in [5, 5.41) is 1.54. The van der Waals surface area contributed by atoms with Crippen molar-refractivity contribution in [1.82, 2.24) is 4.98 Å². The van der Waals surface area contributed by atoms with E-state index in [1.807, 2.05) is 30.3 Å².